The summed E-state index contributed by atoms with van der Waals surface area (Å²) < 4.78 is 1.73. The van der Waals surface area contributed by atoms with E-state index in [1.807, 2.05) is 48.5 Å². The molecule has 1 aromatic carbocycles. The van der Waals surface area contributed by atoms with E-state index in [0.29, 0.717) is 11.5 Å². The molecule has 1 aliphatic carbocycles. The standard InChI is InChI=1S/C27H30N6O/c1-2-3-6-19-10-12-20(13-11-19)27(34)29-23-9-4-7-21(17-23)24-14-15-25-30-31-26(33(25)32-24)22-8-5-16-28-18-22/h4-5,7-9,14-20H,2-3,6,10-13H2,1H3,(H,29,34). The molecule has 0 aliphatic heterocycles. The lowest BCUT2D eigenvalue weighted by atomic mass is 9.79. The summed E-state index contributed by atoms with van der Waals surface area (Å²) in [5, 5.41) is 16.4. The van der Waals surface area contributed by atoms with E-state index in [1.165, 1.54) is 32.1 Å². The Balaban J connectivity index is 1.31. The third-order valence-electron chi connectivity index (χ3n) is 6.79. The summed E-state index contributed by atoms with van der Waals surface area (Å²) in [6.07, 6.45) is 11.6. The van der Waals surface area contributed by atoms with E-state index < -0.39 is 0 Å². The van der Waals surface area contributed by atoms with Crippen molar-refractivity contribution >= 4 is 17.2 Å². The third-order valence-corrected chi connectivity index (χ3v) is 6.79. The van der Waals surface area contributed by atoms with Gasteiger partial charge in [-0.3, -0.25) is 9.78 Å². The molecular weight excluding hydrogens is 424 g/mol. The Morgan fingerprint density at radius 3 is 2.68 bits per heavy atom. The van der Waals surface area contributed by atoms with Crippen LogP contribution < -0.4 is 5.32 Å². The van der Waals surface area contributed by atoms with E-state index in [2.05, 4.69) is 27.4 Å². The van der Waals surface area contributed by atoms with Gasteiger partial charge in [0.05, 0.1) is 5.69 Å². The predicted molar refractivity (Wildman–Crippen MR) is 133 cm³/mol. The number of nitrogens with zero attached hydrogens (tertiary/aromatic N) is 5. The summed E-state index contributed by atoms with van der Waals surface area (Å²) in [6, 6.07) is 15.5. The van der Waals surface area contributed by atoms with Gasteiger partial charge < -0.3 is 5.32 Å². The van der Waals surface area contributed by atoms with Crippen molar-refractivity contribution in [2.75, 3.05) is 5.32 Å². The first-order valence-electron chi connectivity index (χ1n) is 12.3. The summed E-state index contributed by atoms with van der Waals surface area (Å²) in [5.41, 5.74) is 4.03. The minimum Gasteiger partial charge on any atom is -0.326 e. The molecule has 7 heteroatoms. The second kappa shape index (κ2) is 10.1. The number of rotatable bonds is 7. The van der Waals surface area contributed by atoms with Crippen molar-refractivity contribution in [1.29, 1.82) is 0 Å². The van der Waals surface area contributed by atoms with Gasteiger partial charge in [0.2, 0.25) is 5.91 Å². The van der Waals surface area contributed by atoms with Gasteiger partial charge in [-0.1, -0.05) is 38.3 Å². The molecule has 0 radical (unpaired) electrons. The number of pyridine rings is 1. The Bertz CT molecular complexity index is 1260. The van der Waals surface area contributed by atoms with Crippen LogP contribution in [0.1, 0.15) is 51.9 Å². The van der Waals surface area contributed by atoms with Crippen molar-refractivity contribution in [3.8, 4) is 22.6 Å². The number of carbonyl (C=O) groups is 1. The summed E-state index contributed by atoms with van der Waals surface area (Å²) in [4.78, 5) is 17.1. The molecule has 4 aromatic rings. The molecule has 1 aliphatic rings. The molecular formula is C27H30N6O. The summed E-state index contributed by atoms with van der Waals surface area (Å²) in [7, 11) is 0. The Labute approximate surface area is 199 Å². The first-order chi connectivity index (χ1) is 16.7. The Morgan fingerprint density at radius 2 is 1.88 bits per heavy atom. The van der Waals surface area contributed by atoms with Crippen LogP contribution in [0, 0.1) is 11.8 Å². The Hall–Kier alpha value is -3.61. The van der Waals surface area contributed by atoms with Gasteiger partial charge in [0.15, 0.2) is 11.5 Å². The Kier molecular flexibility index (Phi) is 6.60. The van der Waals surface area contributed by atoms with E-state index in [0.717, 1.165) is 41.3 Å². The molecule has 1 saturated carbocycles. The summed E-state index contributed by atoms with van der Waals surface area (Å²) in [6.45, 7) is 2.24. The van der Waals surface area contributed by atoms with Crippen LogP contribution >= 0.6 is 0 Å². The molecule has 3 heterocycles. The van der Waals surface area contributed by atoms with Crippen molar-refractivity contribution in [3.63, 3.8) is 0 Å². The molecule has 34 heavy (non-hydrogen) atoms. The van der Waals surface area contributed by atoms with Crippen LogP contribution in [0.3, 0.4) is 0 Å². The summed E-state index contributed by atoms with van der Waals surface area (Å²) >= 11 is 0. The van der Waals surface area contributed by atoms with Crippen LogP contribution in [0.25, 0.3) is 28.3 Å². The van der Waals surface area contributed by atoms with Crippen LogP contribution in [0.4, 0.5) is 5.69 Å². The largest absolute Gasteiger partial charge is 0.326 e. The lowest BCUT2D eigenvalue weighted by Crippen LogP contribution is -2.27. The van der Waals surface area contributed by atoms with E-state index in [-0.39, 0.29) is 11.8 Å². The maximum absolute atomic E-state index is 12.9. The number of nitrogens with one attached hydrogen (secondary N) is 1. The molecule has 0 spiro atoms. The lowest BCUT2D eigenvalue weighted by Gasteiger charge is -2.27. The monoisotopic (exact) mass is 454 g/mol. The molecule has 0 saturated heterocycles. The average molecular weight is 455 g/mol. The second-order valence-electron chi connectivity index (χ2n) is 9.18. The minimum atomic E-state index is 0.107. The van der Waals surface area contributed by atoms with Gasteiger partial charge >= 0.3 is 0 Å². The topological polar surface area (TPSA) is 85.1 Å². The van der Waals surface area contributed by atoms with Gasteiger partial charge in [0.1, 0.15) is 0 Å². The molecule has 0 unspecified atom stereocenters. The smallest absolute Gasteiger partial charge is 0.227 e. The molecule has 5 rings (SSSR count). The lowest BCUT2D eigenvalue weighted by molar-refractivity contribution is -0.121. The number of hydrogen-bond acceptors (Lipinski definition) is 5. The van der Waals surface area contributed by atoms with Gasteiger partial charge in [-0.2, -0.15) is 9.61 Å². The van der Waals surface area contributed by atoms with Crippen molar-refractivity contribution in [2.24, 2.45) is 11.8 Å². The number of unbranched alkanes of at least 4 members (excludes halogenated alkanes) is 1. The number of carbonyl (C=O) groups excluding carboxylic acids is 1. The zero-order valence-electron chi connectivity index (χ0n) is 19.5. The van der Waals surface area contributed by atoms with Crippen molar-refractivity contribution in [3.05, 3.63) is 60.9 Å². The highest BCUT2D eigenvalue weighted by molar-refractivity contribution is 5.93. The number of hydrogen-bond donors (Lipinski definition) is 1. The summed E-state index contributed by atoms with van der Waals surface area (Å²) in [5.74, 6) is 1.67. The van der Waals surface area contributed by atoms with Crippen LogP contribution in [-0.2, 0) is 4.79 Å². The van der Waals surface area contributed by atoms with Crippen molar-refractivity contribution in [2.45, 2.75) is 51.9 Å². The quantitative estimate of drug-likeness (QED) is 0.382. The highest BCUT2D eigenvalue weighted by atomic mass is 16.1. The second-order valence-corrected chi connectivity index (χ2v) is 9.18. The normalized spacial score (nSPS) is 18.1. The number of fused-ring (bicyclic) bond motifs is 1. The zero-order valence-corrected chi connectivity index (χ0v) is 19.5. The van der Waals surface area contributed by atoms with Gasteiger partial charge in [-0.25, -0.2) is 0 Å². The van der Waals surface area contributed by atoms with E-state index in [1.54, 1.807) is 16.9 Å². The predicted octanol–water partition coefficient (Wildman–Crippen LogP) is 5.79. The molecule has 0 atom stereocenters. The van der Waals surface area contributed by atoms with Gasteiger partial charge in [-0.05, 0) is 68.0 Å². The van der Waals surface area contributed by atoms with Crippen molar-refractivity contribution in [1.82, 2.24) is 24.8 Å². The molecule has 1 N–H and O–H groups in total. The minimum absolute atomic E-state index is 0.107. The fourth-order valence-corrected chi connectivity index (χ4v) is 4.82. The van der Waals surface area contributed by atoms with Crippen molar-refractivity contribution < 1.29 is 4.79 Å². The van der Waals surface area contributed by atoms with E-state index in [9.17, 15) is 4.79 Å². The molecule has 174 valence electrons. The van der Waals surface area contributed by atoms with E-state index >= 15 is 0 Å². The first kappa shape index (κ1) is 22.2. The number of benzene rings is 1. The molecule has 3 aromatic heterocycles. The first-order valence-corrected chi connectivity index (χ1v) is 12.3. The fourth-order valence-electron chi connectivity index (χ4n) is 4.82. The number of aromatic nitrogens is 5. The average Bonchev–Trinajstić information content (AvgIpc) is 3.32. The Morgan fingerprint density at radius 1 is 1.03 bits per heavy atom. The third kappa shape index (κ3) is 4.83. The van der Waals surface area contributed by atoms with Crippen LogP contribution in [0.5, 0.6) is 0 Å². The highest BCUT2D eigenvalue weighted by Gasteiger charge is 2.26. The molecule has 7 nitrogen and oxygen atoms in total. The highest BCUT2D eigenvalue weighted by Crippen LogP contribution is 2.33. The van der Waals surface area contributed by atoms with Gasteiger partial charge in [0.25, 0.3) is 0 Å². The SMILES string of the molecule is CCCCC1CCC(C(=O)Nc2cccc(-c3ccc4nnc(-c5cccnc5)n4n3)c2)CC1. The van der Waals surface area contributed by atoms with Gasteiger partial charge in [-0.15, -0.1) is 10.2 Å². The number of anilines is 1. The van der Waals surface area contributed by atoms with Gasteiger partial charge in [0, 0.05) is 35.1 Å². The maximum Gasteiger partial charge on any atom is 0.227 e. The molecule has 0 bridgehead atoms. The van der Waals surface area contributed by atoms with E-state index in [4.69, 9.17) is 5.10 Å². The zero-order chi connectivity index (χ0) is 23.3. The fraction of sp³-hybridized carbons (Fsp3) is 0.370. The maximum atomic E-state index is 12.9. The van der Waals surface area contributed by atoms with Crippen LogP contribution in [0.15, 0.2) is 60.9 Å². The molecule has 1 amide bonds. The van der Waals surface area contributed by atoms with Crippen LogP contribution in [-0.4, -0.2) is 30.7 Å². The number of amides is 1. The molecule has 1 fully saturated rings. The van der Waals surface area contributed by atoms with Crippen LogP contribution in [0.2, 0.25) is 0 Å².